The number of sulfonamides is 1. The summed E-state index contributed by atoms with van der Waals surface area (Å²) in [6, 6.07) is 6.91. The zero-order valence-corrected chi connectivity index (χ0v) is 14.1. The molecule has 0 aliphatic carbocycles. The van der Waals surface area contributed by atoms with Crippen molar-refractivity contribution in [2.45, 2.75) is 31.7 Å². The summed E-state index contributed by atoms with van der Waals surface area (Å²) >= 11 is 0. The van der Waals surface area contributed by atoms with Crippen LogP contribution in [0.25, 0.3) is 0 Å². The van der Waals surface area contributed by atoms with Gasteiger partial charge in [-0.25, -0.2) is 13.1 Å². The number of hydrogen-bond donors (Lipinski definition) is 2. The highest BCUT2D eigenvalue weighted by Crippen LogP contribution is 2.20. The summed E-state index contributed by atoms with van der Waals surface area (Å²) in [5, 5.41) is 3.03. The summed E-state index contributed by atoms with van der Waals surface area (Å²) in [7, 11) is 0.0398. The number of hydrogen-bond acceptors (Lipinski definition) is 4. The van der Waals surface area contributed by atoms with Crippen LogP contribution < -0.4 is 10.0 Å². The van der Waals surface area contributed by atoms with Crippen LogP contribution in [0, 0.1) is 5.41 Å². The molecule has 1 aromatic carbocycles. The van der Waals surface area contributed by atoms with Crippen LogP contribution in [-0.4, -0.2) is 35.7 Å². The molecule has 0 aliphatic heterocycles. The van der Waals surface area contributed by atoms with E-state index in [4.69, 9.17) is 4.74 Å². The van der Waals surface area contributed by atoms with Crippen molar-refractivity contribution in [2.24, 2.45) is 5.41 Å². The van der Waals surface area contributed by atoms with Gasteiger partial charge >= 0.3 is 0 Å². The Kier molecular flexibility index (Phi) is 6.80. The van der Waals surface area contributed by atoms with Gasteiger partial charge in [-0.15, -0.1) is 0 Å². The van der Waals surface area contributed by atoms with Crippen LogP contribution in [0.2, 0.25) is 0 Å². The topological polar surface area (TPSA) is 67.4 Å². The molecule has 0 heterocycles. The van der Waals surface area contributed by atoms with Gasteiger partial charge in [0, 0.05) is 26.8 Å². The van der Waals surface area contributed by atoms with Crippen molar-refractivity contribution in [2.75, 3.05) is 27.3 Å². The van der Waals surface area contributed by atoms with E-state index in [-0.39, 0.29) is 5.41 Å². The minimum Gasteiger partial charge on any atom is -0.385 e. The third kappa shape index (κ3) is 6.13. The molecule has 5 nitrogen and oxygen atoms in total. The average molecular weight is 314 g/mol. The van der Waals surface area contributed by atoms with Gasteiger partial charge in [-0.2, -0.15) is 0 Å². The van der Waals surface area contributed by atoms with Gasteiger partial charge in [0.25, 0.3) is 0 Å². The summed E-state index contributed by atoms with van der Waals surface area (Å²) in [4.78, 5) is 0.296. The van der Waals surface area contributed by atoms with E-state index in [9.17, 15) is 8.42 Å². The fourth-order valence-corrected chi connectivity index (χ4v) is 3.07. The molecule has 0 saturated carbocycles. The molecule has 1 aromatic rings. The first kappa shape index (κ1) is 18.1. The maximum absolute atomic E-state index is 12.3. The second kappa shape index (κ2) is 7.89. The van der Waals surface area contributed by atoms with E-state index in [0.29, 0.717) is 18.0 Å². The number of ether oxygens (including phenoxy) is 1. The molecule has 0 fully saturated rings. The van der Waals surface area contributed by atoms with Gasteiger partial charge in [-0.3, -0.25) is 0 Å². The number of nitrogens with one attached hydrogen (secondary N) is 2. The summed E-state index contributed by atoms with van der Waals surface area (Å²) in [6.45, 7) is 5.76. The van der Waals surface area contributed by atoms with E-state index in [1.165, 1.54) is 0 Å². The second-order valence-corrected chi connectivity index (χ2v) is 7.67. The van der Waals surface area contributed by atoms with Crippen molar-refractivity contribution in [3.05, 3.63) is 29.8 Å². The Bertz CT molecular complexity index is 524. The third-order valence-electron chi connectivity index (χ3n) is 3.34. The maximum Gasteiger partial charge on any atom is 0.240 e. The molecule has 0 bridgehead atoms. The third-order valence-corrected chi connectivity index (χ3v) is 4.76. The monoisotopic (exact) mass is 314 g/mol. The van der Waals surface area contributed by atoms with E-state index in [1.54, 1.807) is 19.2 Å². The molecular formula is C15H26N2O3S. The van der Waals surface area contributed by atoms with E-state index in [2.05, 4.69) is 10.0 Å². The van der Waals surface area contributed by atoms with E-state index >= 15 is 0 Å². The Morgan fingerprint density at radius 1 is 1.19 bits per heavy atom. The predicted molar refractivity (Wildman–Crippen MR) is 84.7 cm³/mol. The zero-order chi connectivity index (χ0) is 15.9. The number of methoxy groups -OCH3 is 1. The molecule has 0 atom stereocenters. The molecule has 0 saturated heterocycles. The standard InChI is InChI=1S/C15H26N2O3S/c1-15(2,9-10-20-4)12-17-21(18,19)14-7-5-13(6-8-14)11-16-3/h5-8,16-17H,9-12H2,1-4H3. The van der Waals surface area contributed by atoms with Crippen LogP contribution in [0.15, 0.2) is 29.2 Å². The quantitative estimate of drug-likeness (QED) is 0.729. The Hall–Kier alpha value is -0.950. The fraction of sp³-hybridized carbons (Fsp3) is 0.600. The molecule has 0 aromatic heterocycles. The average Bonchev–Trinajstić information content (AvgIpc) is 2.44. The Morgan fingerprint density at radius 3 is 2.33 bits per heavy atom. The lowest BCUT2D eigenvalue weighted by Crippen LogP contribution is -2.34. The Labute approximate surface area is 128 Å². The molecule has 21 heavy (non-hydrogen) atoms. The molecular weight excluding hydrogens is 288 g/mol. The first-order valence-electron chi connectivity index (χ1n) is 7.03. The molecule has 120 valence electrons. The first-order chi connectivity index (χ1) is 9.80. The van der Waals surface area contributed by atoms with Crippen LogP contribution in [0.1, 0.15) is 25.8 Å². The Morgan fingerprint density at radius 2 is 1.81 bits per heavy atom. The minimum atomic E-state index is -3.46. The molecule has 0 radical (unpaired) electrons. The molecule has 6 heteroatoms. The normalized spacial score (nSPS) is 12.6. The van der Waals surface area contributed by atoms with E-state index in [0.717, 1.165) is 18.5 Å². The van der Waals surface area contributed by atoms with E-state index in [1.807, 2.05) is 33.0 Å². The number of rotatable bonds is 9. The van der Waals surface area contributed by atoms with Gasteiger partial charge in [0.2, 0.25) is 10.0 Å². The van der Waals surface area contributed by atoms with E-state index < -0.39 is 10.0 Å². The van der Waals surface area contributed by atoms with Crippen molar-refractivity contribution >= 4 is 10.0 Å². The van der Waals surface area contributed by atoms with Gasteiger partial charge in [0.05, 0.1) is 4.90 Å². The Balaban J connectivity index is 2.68. The smallest absolute Gasteiger partial charge is 0.240 e. The molecule has 1 rings (SSSR count). The molecule has 0 aliphatic rings. The van der Waals surface area contributed by atoms with Crippen molar-refractivity contribution in [3.8, 4) is 0 Å². The van der Waals surface area contributed by atoms with Crippen LogP contribution in [0.4, 0.5) is 0 Å². The van der Waals surface area contributed by atoms with Gasteiger partial charge in [-0.05, 0) is 36.6 Å². The van der Waals surface area contributed by atoms with Crippen LogP contribution in [0.3, 0.4) is 0 Å². The largest absolute Gasteiger partial charge is 0.385 e. The second-order valence-electron chi connectivity index (χ2n) is 5.91. The highest BCUT2D eigenvalue weighted by atomic mass is 32.2. The lowest BCUT2D eigenvalue weighted by Gasteiger charge is -2.24. The van der Waals surface area contributed by atoms with Gasteiger partial charge in [0.1, 0.15) is 0 Å². The van der Waals surface area contributed by atoms with Crippen molar-refractivity contribution in [1.29, 1.82) is 0 Å². The molecule has 0 spiro atoms. The molecule has 2 N–H and O–H groups in total. The van der Waals surface area contributed by atoms with Crippen molar-refractivity contribution in [1.82, 2.24) is 10.0 Å². The molecule has 0 amide bonds. The molecule has 0 unspecified atom stereocenters. The van der Waals surface area contributed by atoms with Gasteiger partial charge in [0.15, 0.2) is 0 Å². The fourth-order valence-electron chi connectivity index (χ4n) is 1.83. The summed E-state index contributed by atoms with van der Waals surface area (Å²) in [5.74, 6) is 0. The summed E-state index contributed by atoms with van der Waals surface area (Å²) in [6.07, 6.45) is 0.799. The van der Waals surface area contributed by atoms with Crippen LogP contribution >= 0.6 is 0 Å². The lowest BCUT2D eigenvalue weighted by atomic mass is 9.90. The highest BCUT2D eigenvalue weighted by Gasteiger charge is 2.22. The first-order valence-corrected chi connectivity index (χ1v) is 8.51. The summed E-state index contributed by atoms with van der Waals surface area (Å²) in [5.41, 5.74) is 0.909. The minimum absolute atomic E-state index is 0.144. The number of benzene rings is 1. The predicted octanol–water partition coefficient (Wildman–Crippen LogP) is 1.75. The van der Waals surface area contributed by atoms with Crippen LogP contribution in [0.5, 0.6) is 0 Å². The highest BCUT2D eigenvalue weighted by molar-refractivity contribution is 7.89. The lowest BCUT2D eigenvalue weighted by molar-refractivity contribution is 0.153. The van der Waals surface area contributed by atoms with Crippen molar-refractivity contribution < 1.29 is 13.2 Å². The van der Waals surface area contributed by atoms with Gasteiger partial charge in [-0.1, -0.05) is 26.0 Å². The van der Waals surface area contributed by atoms with Gasteiger partial charge < -0.3 is 10.1 Å². The maximum atomic E-state index is 12.3. The van der Waals surface area contributed by atoms with Crippen molar-refractivity contribution in [3.63, 3.8) is 0 Å². The SMILES string of the molecule is CNCc1ccc(S(=O)(=O)NCC(C)(C)CCOC)cc1. The van der Waals surface area contributed by atoms with Crippen LogP contribution in [-0.2, 0) is 21.3 Å². The summed E-state index contributed by atoms with van der Waals surface area (Å²) < 4.78 is 32.3. The zero-order valence-electron chi connectivity index (χ0n) is 13.3.